The Balaban J connectivity index is 2.46. The van der Waals surface area contributed by atoms with E-state index in [-0.39, 0.29) is 0 Å². The average Bonchev–Trinajstić information content (AvgIpc) is 2.35. The summed E-state index contributed by atoms with van der Waals surface area (Å²) in [6.07, 6.45) is 4.96. The number of anilines is 1. The summed E-state index contributed by atoms with van der Waals surface area (Å²) < 4.78 is 0. The third-order valence-corrected chi connectivity index (χ3v) is 2.49. The van der Waals surface area contributed by atoms with Gasteiger partial charge >= 0.3 is 0 Å². The summed E-state index contributed by atoms with van der Waals surface area (Å²) >= 11 is 0. The Labute approximate surface area is 95.1 Å². The molecule has 0 unspecified atom stereocenters. The van der Waals surface area contributed by atoms with Gasteiger partial charge in [0.05, 0.1) is 5.52 Å². The van der Waals surface area contributed by atoms with Crippen molar-refractivity contribution >= 4 is 16.9 Å². The van der Waals surface area contributed by atoms with Crippen LogP contribution in [0.4, 0.5) is 5.82 Å². The SMILES string of the molecule is CCCCc1nc(NC)c2ncccc2n1. The Morgan fingerprint density at radius 1 is 1.31 bits per heavy atom. The van der Waals surface area contributed by atoms with E-state index in [1.807, 2.05) is 19.2 Å². The number of pyridine rings is 1. The van der Waals surface area contributed by atoms with Gasteiger partial charge in [-0.1, -0.05) is 13.3 Å². The zero-order valence-electron chi connectivity index (χ0n) is 9.70. The first-order valence-corrected chi connectivity index (χ1v) is 5.64. The van der Waals surface area contributed by atoms with Crippen LogP contribution in [-0.4, -0.2) is 22.0 Å². The second-order valence-corrected chi connectivity index (χ2v) is 3.71. The molecule has 2 aromatic rings. The van der Waals surface area contributed by atoms with E-state index >= 15 is 0 Å². The smallest absolute Gasteiger partial charge is 0.156 e. The number of nitrogens with zero attached hydrogens (tertiary/aromatic N) is 3. The van der Waals surface area contributed by atoms with Gasteiger partial charge in [0, 0.05) is 19.7 Å². The summed E-state index contributed by atoms with van der Waals surface area (Å²) in [5.74, 6) is 1.71. The lowest BCUT2D eigenvalue weighted by Gasteiger charge is -2.06. The van der Waals surface area contributed by atoms with Crippen molar-refractivity contribution in [3.05, 3.63) is 24.2 Å². The van der Waals surface area contributed by atoms with Gasteiger partial charge in [0.15, 0.2) is 5.82 Å². The van der Waals surface area contributed by atoms with E-state index in [2.05, 4.69) is 27.2 Å². The zero-order valence-corrected chi connectivity index (χ0v) is 9.70. The van der Waals surface area contributed by atoms with Crippen LogP contribution in [0.3, 0.4) is 0 Å². The zero-order chi connectivity index (χ0) is 11.4. The topological polar surface area (TPSA) is 50.7 Å². The van der Waals surface area contributed by atoms with Gasteiger partial charge in [-0.25, -0.2) is 9.97 Å². The second kappa shape index (κ2) is 4.88. The molecule has 0 amide bonds. The maximum atomic E-state index is 4.51. The molecule has 0 fully saturated rings. The molecule has 2 rings (SSSR count). The number of hydrogen-bond donors (Lipinski definition) is 1. The summed E-state index contributed by atoms with van der Waals surface area (Å²) in [7, 11) is 1.86. The quantitative estimate of drug-likeness (QED) is 0.852. The van der Waals surface area contributed by atoms with Gasteiger partial charge in [-0.05, 0) is 18.6 Å². The number of rotatable bonds is 4. The van der Waals surface area contributed by atoms with Crippen molar-refractivity contribution in [3.63, 3.8) is 0 Å². The first-order chi connectivity index (χ1) is 7.85. The summed E-state index contributed by atoms with van der Waals surface area (Å²) in [5.41, 5.74) is 1.75. The minimum atomic E-state index is 0.816. The molecule has 0 aliphatic carbocycles. The molecule has 0 aliphatic rings. The number of fused-ring (bicyclic) bond motifs is 1. The first kappa shape index (κ1) is 10.8. The van der Waals surface area contributed by atoms with Gasteiger partial charge in [-0.2, -0.15) is 0 Å². The summed E-state index contributed by atoms with van der Waals surface area (Å²) in [6, 6.07) is 3.87. The number of aryl methyl sites for hydroxylation is 1. The monoisotopic (exact) mass is 216 g/mol. The summed E-state index contributed by atoms with van der Waals surface area (Å²) in [4.78, 5) is 13.3. The van der Waals surface area contributed by atoms with Gasteiger partial charge in [0.1, 0.15) is 11.3 Å². The van der Waals surface area contributed by atoms with Gasteiger partial charge in [-0.15, -0.1) is 0 Å². The standard InChI is InChI=1S/C12H16N4/c1-3-4-7-10-15-9-6-5-8-14-11(9)12(13-2)16-10/h5-6,8H,3-4,7H2,1-2H3,(H,13,15,16). The van der Waals surface area contributed by atoms with Crippen molar-refractivity contribution < 1.29 is 0 Å². The fraction of sp³-hybridized carbons (Fsp3) is 0.417. The summed E-state index contributed by atoms with van der Waals surface area (Å²) in [6.45, 7) is 2.17. The highest BCUT2D eigenvalue weighted by atomic mass is 15.0. The predicted octanol–water partition coefficient (Wildman–Crippen LogP) is 2.41. The molecule has 0 saturated heterocycles. The molecule has 0 atom stereocenters. The van der Waals surface area contributed by atoms with E-state index in [4.69, 9.17) is 0 Å². The highest BCUT2D eigenvalue weighted by Crippen LogP contribution is 2.17. The van der Waals surface area contributed by atoms with Crippen molar-refractivity contribution in [2.75, 3.05) is 12.4 Å². The molecule has 0 radical (unpaired) electrons. The first-order valence-electron chi connectivity index (χ1n) is 5.64. The van der Waals surface area contributed by atoms with E-state index in [1.54, 1.807) is 6.20 Å². The number of hydrogen-bond acceptors (Lipinski definition) is 4. The fourth-order valence-corrected chi connectivity index (χ4v) is 1.64. The maximum Gasteiger partial charge on any atom is 0.156 e. The van der Waals surface area contributed by atoms with Crippen LogP contribution in [0.2, 0.25) is 0 Å². The molecule has 1 N–H and O–H groups in total. The van der Waals surface area contributed by atoms with Crippen LogP contribution in [0.1, 0.15) is 25.6 Å². The molecular formula is C12H16N4. The number of nitrogens with one attached hydrogen (secondary N) is 1. The van der Waals surface area contributed by atoms with Gasteiger partial charge < -0.3 is 5.32 Å². The van der Waals surface area contributed by atoms with Crippen LogP contribution in [0, 0.1) is 0 Å². The Bertz CT molecular complexity index is 481. The van der Waals surface area contributed by atoms with Crippen molar-refractivity contribution in [1.82, 2.24) is 15.0 Å². The lowest BCUT2D eigenvalue weighted by Crippen LogP contribution is -2.02. The Kier molecular flexibility index (Phi) is 3.29. The van der Waals surface area contributed by atoms with E-state index in [0.29, 0.717) is 0 Å². The van der Waals surface area contributed by atoms with Crippen LogP contribution in [0.25, 0.3) is 11.0 Å². The van der Waals surface area contributed by atoms with Crippen molar-refractivity contribution in [2.24, 2.45) is 0 Å². The van der Waals surface area contributed by atoms with Gasteiger partial charge in [0.25, 0.3) is 0 Å². The number of aromatic nitrogens is 3. The molecular weight excluding hydrogens is 200 g/mol. The Morgan fingerprint density at radius 3 is 2.94 bits per heavy atom. The molecule has 0 saturated carbocycles. The van der Waals surface area contributed by atoms with Gasteiger partial charge in [0.2, 0.25) is 0 Å². The van der Waals surface area contributed by atoms with Crippen molar-refractivity contribution in [3.8, 4) is 0 Å². The van der Waals surface area contributed by atoms with Crippen LogP contribution < -0.4 is 5.32 Å². The summed E-state index contributed by atoms with van der Waals surface area (Å²) in [5, 5.41) is 3.07. The highest BCUT2D eigenvalue weighted by molar-refractivity contribution is 5.84. The minimum Gasteiger partial charge on any atom is -0.371 e. The Hall–Kier alpha value is -1.71. The van der Waals surface area contributed by atoms with Crippen molar-refractivity contribution in [2.45, 2.75) is 26.2 Å². The molecule has 2 heterocycles. The normalized spacial score (nSPS) is 10.6. The molecule has 2 aromatic heterocycles. The van der Waals surface area contributed by atoms with E-state index in [1.165, 1.54) is 0 Å². The van der Waals surface area contributed by atoms with E-state index < -0.39 is 0 Å². The van der Waals surface area contributed by atoms with Crippen LogP contribution in [0.5, 0.6) is 0 Å². The fourth-order valence-electron chi connectivity index (χ4n) is 1.64. The number of unbranched alkanes of at least 4 members (excludes halogenated alkanes) is 1. The third-order valence-electron chi connectivity index (χ3n) is 2.49. The maximum absolute atomic E-state index is 4.51. The van der Waals surface area contributed by atoms with E-state index in [0.717, 1.165) is 41.9 Å². The predicted molar refractivity (Wildman–Crippen MR) is 65.5 cm³/mol. The molecule has 0 spiro atoms. The van der Waals surface area contributed by atoms with Crippen molar-refractivity contribution in [1.29, 1.82) is 0 Å². The van der Waals surface area contributed by atoms with Crippen LogP contribution in [0.15, 0.2) is 18.3 Å². The third kappa shape index (κ3) is 2.10. The molecule has 0 aromatic carbocycles. The largest absolute Gasteiger partial charge is 0.371 e. The lowest BCUT2D eigenvalue weighted by atomic mass is 10.2. The molecule has 0 aliphatic heterocycles. The Morgan fingerprint density at radius 2 is 2.19 bits per heavy atom. The average molecular weight is 216 g/mol. The molecule has 84 valence electrons. The second-order valence-electron chi connectivity index (χ2n) is 3.71. The molecule has 4 nitrogen and oxygen atoms in total. The van der Waals surface area contributed by atoms with Crippen LogP contribution >= 0.6 is 0 Å². The van der Waals surface area contributed by atoms with E-state index in [9.17, 15) is 0 Å². The minimum absolute atomic E-state index is 0.816. The highest BCUT2D eigenvalue weighted by Gasteiger charge is 2.06. The molecule has 4 heteroatoms. The molecule has 0 bridgehead atoms. The lowest BCUT2D eigenvalue weighted by molar-refractivity contribution is 0.757. The van der Waals surface area contributed by atoms with Gasteiger partial charge in [-0.3, -0.25) is 4.98 Å². The molecule has 16 heavy (non-hydrogen) atoms. The van der Waals surface area contributed by atoms with Crippen LogP contribution in [-0.2, 0) is 6.42 Å².